The van der Waals surface area contributed by atoms with Gasteiger partial charge in [0.1, 0.15) is 0 Å². The molecule has 0 amide bonds. The van der Waals surface area contributed by atoms with Crippen LogP contribution in [-0.4, -0.2) is 35.9 Å². The number of likely N-dealkylation sites (N-methyl/N-ethyl adjacent to an activating group) is 1. The van der Waals surface area contributed by atoms with E-state index < -0.39 is 0 Å². The van der Waals surface area contributed by atoms with Gasteiger partial charge in [-0.05, 0) is 0 Å². The van der Waals surface area contributed by atoms with Crippen LogP contribution in [0.2, 0.25) is 0 Å². The van der Waals surface area contributed by atoms with Gasteiger partial charge in [0.25, 0.3) is 0 Å². The summed E-state index contributed by atoms with van der Waals surface area (Å²) in [5.74, 6) is 1.16. The first-order chi connectivity index (χ1) is 5.07. The van der Waals surface area contributed by atoms with Crippen LogP contribution in [0.15, 0.2) is 0 Å². The van der Waals surface area contributed by atoms with E-state index in [9.17, 15) is 4.79 Å². The number of hydrogen-bond acceptors (Lipinski definition) is 1. The molecule has 4 atom stereocenters. The lowest BCUT2D eigenvalue weighted by molar-refractivity contribution is -0.790. The SMILES string of the molecule is CC(=O)[C@@H]1C2C(C)CC[N+]21C. The molecule has 0 aliphatic carbocycles. The maximum Gasteiger partial charge on any atom is 0.200 e. The fourth-order valence-electron chi connectivity index (χ4n) is 3.01. The van der Waals surface area contributed by atoms with E-state index in [0.29, 0.717) is 17.9 Å². The van der Waals surface area contributed by atoms with Gasteiger partial charge in [0.15, 0.2) is 11.8 Å². The number of hydrogen-bond donors (Lipinski definition) is 0. The Morgan fingerprint density at radius 3 is 2.45 bits per heavy atom. The molecule has 3 unspecified atom stereocenters. The van der Waals surface area contributed by atoms with E-state index in [1.165, 1.54) is 13.0 Å². The van der Waals surface area contributed by atoms with Crippen molar-refractivity contribution >= 4 is 5.78 Å². The third-order valence-corrected chi connectivity index (χ3v) is 3.62. The summed E-state index contributed by atoms with van der Waals surface area (Å²) < 4.78 is 1.05. The van der Waals surface area contributed by atoms with Gasteiger partial charge in [-0.25, -0.2) is 0 Å². The maximum atomic E-state index is 11.2. The van der Waals surface area contributed by atoms with Crippen LogP contribution >= 0.6 is 0 Å². The standard InChI is InChI=1S/C9H16NO/c1-6-4-5-10(3)8(6)9(10)7(2)11/h6,8-9H,4-5H2,1-3H3/q+1/t6?,8?,9-,10?/m1/s1. The van der Waals surface area contributed by atoms with Crippen LogP contribution in [0.3, 0.4) is 0 Å². The molecule has 2 nitrogen and oxygen atoms in total. The van der Waals surface area contributed by atoms with Crippen LogP contribution in [0.4, 0.5) is 0 Å². The minimum absolute atomic E-state index is 0.360. The highest BCUT2D eigenvalue weighted by Gasteiger charge is 2.71. The molecular weight excluding hydrogens is 138 g/mol. The van der Waals surface area contributed by atoms with E-state index in [2.05, 4.69) is 14.0 Å². The summed E-state index contributed by atoms with van der Waals surface area (Å²) in [6, 6.07) is 1.03. The topological polar surface area (TPSA) is 17.1 Å². The number of nitrogens with zero attached hydrogens (tertiary/aromatic N) is 1. The van der Waals surface area contributed by atoms with Crippen molar-refractivity contribution in [3.05, 3.63) is 0 Å². The van der Waals surface area contributed by atoms with Crippen molar-refractivity contribution in [3.8, 4) is 0 Å². The minimum atomic E-state index is 0.360. The second kappa shape index (κ2) is 1.86. The first-order valence-electron chi connectivity index (χ1n) is 4.42. The van der Waals surface area contributed by atoms with Crippen molar-refractivity contribution in [2.24, 2.45) is 5.92 Å². The summed E-state index contributed by atoms with van der Waals surface area (Å²) in [4.78, 5) is 11.2. The number of carbonyl (C=O) groups is 1. The summed E-state index contributed by atoms with van der Waals surface area (Å²) in [6.45, 7) is 5.23. The van der Waals surface area contributed by atoms with Crippen LogP contribution in [0.5, 0.6) is 0 Å². The van der Waals surface area contributed by atoms with Crippen LogP contribution < -0.4 is 0 Å². The fourth-order valence-corrected chi connectivity index (χ4v) is 3.01. The molecular formula is C9H16NO+. The number of piperidine rings is 1. The zero-order valence-electron chi connectivity index (χ0n) is 7.50. The zero-order valence-corrected chi connectivity index (χ0v) is 7.50. The molecule has 0 aromatic rings. The average Bonchev–Trinajstić information content (AvgIpc) is 2.43. The molecule has 0 N–H and O–H groups in total. The van der Waals surface area contributed by atoms with Crippen molar-refractivity contribution < 1.29 is 9.28 Å². The molecule has 2 aliphatic heterocycles. The third-order valence-electron chi connectivity index (χ3n) is 3.62. The molecule has 2 aliphatic rings. The van der Waals surface area contributed by atoms with Crippen LogP contribution in [0.1, 0.15) is 20.3 Å². The van der Waals surface area contributed by atoms with Crippen LogP contribution in [-0.2, 0) is 4.79 Å². The molecule has 0 spiro atoms. The highest BCUT2D eigenvalue weighted by molar-refractivity contribution is 5.83. The van der Waals surface area contributed by atoms with Gasteiger partial charge in [-0.2, -0.15) is 0 Å². The molecule has 2 saturated heterocycles. The zero-order chi connectivity index (χ0) is 8.22. The average molecular weight is 154 g/mol. The van der Waals surface area contributed by atoms with Gasteiger partial charge in [-0.1, -0.05) is 6.92 Å². The lowest BCUT2D eigenvalue weighted by Gasteiger charge is -2.08. The predicted octanol–water partition coefficient (Wildman–Crippen LogP) is 0.813. The second-order valence-corrected chi connectivity index (χ2v) is 4.38. The molecule has 11 heavy (non-hydrogen) atoms. The van der Waals surface area contributed by atoms with E-state index in [-0.39, 0.29) is 0 Å². The first-order valence-corrected chi connectivity index (χ1v) is 4.42. The van der Waals surface area contributed by atoms with Crippen molar-refractivity contribution in [1.82, 2.24) is 0 Å². The molecule has 62 valence electrons. The maximum absolute atomic E-state index is 11.2. The molecule has 2 heteroatoms. The van der Waals surface area contributed by atoms with Crippen LogP contribution in [0.25, 0.3) is 0 Å². The van der Waals surface area contributed by atoms with Crippen molar-refractivity contribution in [2.45, 2.75) is 32.4 Å². The summed E-state index contributed by atoms with van der Waals surface area (Å²) in [5.41, 5.74) is 0. The van der Waals surface area contributed by atoms with E-state index >= 15 is 0 Å². The second-order valence-electron chi connectivity index (χ2n) is 4.38. The van der Waals surface area contributed by atoms with Gasteiger partial charge in [0.05, 0.1) is 13.6 Å². The molecule has 0 radical (unpaired) electrons. The number of carbonyl (C=O) groups excluding carboxylic acids is 1. The fraction of sp³-hybridized carbons (Fsp3) is 0.889. The normalized spacial score (nSPS) is 53.9. The predicted molar refractivity (Wildman–Crippen MR) is 43.1 cm³/mol. The lowest BCUT2D eigenvalue weighted by atomic mass is 10.0. The lowest BCUT2D eigenvalue weighted by Crippen LogP contribution is -2.26. The Hall–Kier alpha value is -0.370. The van der Waals surface area contributed by atoms with Crippen molar-refractivity contribution in [2.75, 3.05) is 13.6 Å². The molecule has 2 fully saturated rings. The highest BCUT2D eigenvalue weighted by Crippen LogP contribution is 2.49. The van der Waals surface area contributed by atoms with Gasteiger partial charge in [-0.3, -0.25) is 4.79 Å². The Labute approximate surface area is 67.8 Å². The van der Waals surface area contributed by atoms with Crippen LogP contribution in [0, 0.1) is 5.92 Å². The Bertz CT molecular complexity index is 214. The Morgan fingerprint density at radius 1 is 1.55 bits per heavy atom. The largest absolute Gasteiger partial charge is 0.304 e. The van der Waals surface area contributed by atoms with Gasteiger partial charge in [0.2, 0.25) is 6.04 Å². The highest BCUT2D eigenvalue weighted by atomic mass is 16.1. The Balaban J connectivity index is 2.17. The van der Waals surface area contributed by atoms with Crippen molar-refractivity contribution in [1.29, 1.82) is 0 Å². The van der Waals surface area contributed by atoms with E-state index in [4.69, 9.17) is 0 Å². The summed E-state index contributed by atoms with van der Waals surface area (Å²) >= 11 is 0. The molecule has 0 aromatic carbocycles. The number of fused-ring (bicyclic) bond motifs is 1. The summed E-state index contributed by atoms with van der Waals surface area (Å²) in [6.07, 6.45) is 1.31. The monoisotopic (exact) mass is 154 g/mol. The quantitative estimate of drug-likeness (QED) is 0.403. The third kappa shape index (κ3) is 0.734. The van der Waals surface area contributed by atoms with E-state index in [1.54, 1.807) is 6.92 Å². The molecule has 2 rings (SSSR count). The number of rotatable bonds is 1. The number of Topliss-reactive ketones (excluding diaryl/α,β-unsaturated/α-hetero) is 1. The minimum Gasteiger partial charge on any atom is -0.304 e. The van der Waals surface area contributed by atoms with E-state index in [0.717, 1.165) is 10.4 Å². The molecule has 0 saturated carbocycles. The van der Waals surface area contributed by atoms with Crippen molar-refractivity contribution in [3.63, 3.8) is 0 Å². The Morgan fingerprint density at radius 2 is 2.18 bits per heavy atom. The smallest absolute Gasteiger partial charge is 0.200 e. The summed E-state index contributed by atoms with van der Waals surface area (Å²) in [7, 11) is 2.22. The van der Waals surface area contributed by atoms with E-state index in [1.807, 2.05) is 0 Å². The van der Waals surface area contributed by atoms with Gasteiger partial charge in [-0.15, -0.1) is 0 Å². The van der Waals surface area contributed by atoms with Gasteiger partial charge < -0.3 is 4.48 Å². The number of ketones is 1. The first kappa shape index (κ1) is 7.29. The van der Waals surface area contributed by atoms with Gasteiger partial charge in [0, 0.05) is 19.3 Å². The Kier molecular flexibility index (Phi) is 1.23. The molecule has 0 bridgehead atoms. The number of quaternary nitrogens is 1. The molecule has 2 heterocycles. The van der Waals surface area contributed by atoms with Gasteiger partial charge >= 0.3 is 0 Å². The molecule has 0 aromatic heterocycles. The summed E-state index contributed by atoms with van der Waals surface area (Å²) in [5, 5.41) is 0.